The Bertz CT molecular complexity index is 377. The van der Waals surface area contributed by atoms with Gasteiger partial charge in [-0.2, -0.15) is 0 Å². The number of nitrogens with zero attached hydrogens (tertiary/aromatic N) is 1. The summed E-state index contributed by atoms with van der Waals surface area (Å²) in [5, 5.41) is 1.23. The largest absolute Gasteiger partial charge is 0.272 e. The van der Waals surface area contributed by atoms with Crippen LogP contribution in [0.1, 0.15) is 26.3 Å². The van der Waals surface area contributed by atoms with Crippen LogP contribution in [-0.2, 0) is 4.79 Å². The fourth-order valence-corrected chi connectivity index (χ4v) is 1.14. The van der Waals surface area contributed by atoms with Crippen molar-refractivity contribution in [2.45, 2.75) is 26.3 Å². The third-order valence-electron chi connectivity index (χ3n) is 2.18. The van der Waals surface area contributed by atoms with Gasteiger partial charge in [-0.3, -0.25) is 9.80 Å². The molecule has 0 bridgehead atoms. The fourth-order valence-electron chi connectivity index (χ4n) is 1.14. The average molecular weight is 218 g/mol. The number of rotatable bonds is 2. The molecule has 0 atom stereocenters. The van der Waals surface area contributed by atoms with Crippen LogP contribution in [0.15, 0.2) is 36.4 Å². The van der Waals surface area contributed by atoms with Crippen LogP contribution in [0, 0.1) is 0 Å². The molecule has 0 aliphatic rings. The van der Waals surface area contributed by atoms with Gasteiger partial charge in [-0.05, 0) is 32.4 Å². The van der Waals surface area contributed by atoms with Crippen LogP contribution in [-0.4, -0.2) is 16.5 Å². The predicted molar refractivity (Wildman–Crippen MR) is 66.3 cm³/mol. The van der Waals surface area contributed by atoms with Crippen molar-refractivity contribution in [1.29, 1.82) is 0 Å². The number of hydrogen-bond acceptors (Lipinski definition) is 2. The summed E-state index contributed by atoms with van der Waals surface area (Å²) in [6.07, 6.45) is 3.24. The molecule has 1 amide bonds. The van der Waals surface area contributed by atoms with Crippen molar-refractivity contribution in [3.63, 3.8) is 0 Å². The highest BCUT2D eigenvalue weighted by molar-refractivity contribution is 5.91. The van der Waals surface area contributed by atoms with Gasteiger partial charge >= 0.3 is 0 Å². The summed E-state index contributed by atoms with van der Waals surface area (Å²) < 4.78 is 0. The molecule has 2 N–H and O–H groups in total. The predicted octanol–water partition coefficient (Wildman–Crippen LogP) is 2.20. The van der Waals surface area contributed by atoms with E-state index in [9.17, 15) is 4.79 Å². The second kappa shape index (κ2) is 4.94. The molecule has 1 rings (SSSR count). The van der Waals surface area contributed by atoms with E-state index in [1.54, 1.807) is 6.08 Å². The Balaban J connectivity index is 2.69. The molecule has 0 saturated heterocycles. The maximum atomic E-state index is 11.7. The van der Waals surface area contributed by atoms with Gasteiger partial charge in [0.05, 0.1) is 5.54 Å². The summed E-state index contributed by atoms with van der Waals surface area (Å²) in [5.41, 5.74) is 0.621. The van der Waals surface area contributed by atoms with E-state index in [0.717, 1.165) is 5.56 Å². The Morgan fingerprint density at radius 1 is 1.25 bits per heavy atom. The summed E-state index contributed by atoms with van der Waals surface area (Å²) in [5.74, 6) is 5.49. The number of amides is 1. The molecule has 86 valence electrons. The van der Waals surface area contributed by atoms with Gasteiger partial charge in [0.1, 0.15) is 0 Å². The number of carbonyl (C=O) groups is 1. The minimum Gasteiger partial charge on any atom is -0.272 e. The minimum absolute atomic E-state index is 0.198. The molecule has 3 heteroatoms. The number of hydrazine groups is 1. The summed E-state index contributed by atoms with van der Waals surface area (Å²) in [7, 11) is 0. The van der Waals surface area contributed by atoms with Crippen molar-refractivity contribution in [3.8, 4) is 0 Å². The van der Waals surface area contributed by atoms with Crippen molar-refractivity contribution in [1.82, 2.24) is 5.01 Å². The normalized spacial score (nSPS) is 11.8. The summed E-state index contributed by atoms with van der Waals surface area (Å²) in [6.45, 7) is 5.67. The molecule has 3 nitrogen and oxygen atoms in total. The van der Waals surface area contributed by atoms with Crippen LogP contribution in [0.4, 0.5) is 0 Å². The quantitative estimate of drug-likeness (QED) is 0.358. The van der Waals surface area contributed by atoms with Crippen molar-refractivity contribution < 1.29 is 4.79 Å². The van der Waals surface area contributed by atoms with Crippen molar-refractivity contribution in [2.75, 3.05) is 0 Å². The van der Waals surface area contributed by atoms with Gasteiger partial charge in [0, 0.05) is 6.08 Å². The molecule has 0 aliphatic heterocycles. The van der Waals surface area contributed by atoms with E-state index in [0.29, 0.717) is 0 Å². The SMILES string of the molecule is CC(C)(C)N(N)C(=O)C=Cc1ccccc1. The molecule has 0 aromatic heterocycles. The van der Waals surface area contributed by atoms with Gasteiger partial charge in [-0.15, -0.1) is 0 Å². The summed E-state index contributed by atoms with van der Waals surface area (Å²) in [6, 6.07) is 9.65. The first-order valence-electron chi connectivity index (χ1n) is 5.23. The molecule has 16 heavy (non-hydrogen) atoms. The zero-order valence-corrected chi connectivity index (χ0v) is 9.97. The highest BCUT2D eigenvalue weighted by atomic mass is 16.2. The van der Waals surface area contributed by atoms with Crippen LogP contribution in [0.25, 0.3) is 6.08 Å². The molecule has 1 aromatic carbocycles. The van der Waals surface area contributed by atoms with E-state index in [1.807, 2.05) is 51.1 Å². The van der Waals surface area contributed by atoms with Crippen LogP contribution >= 0.6 is 0 Å². The Hall–Kier alpha value is -1.61. The fraction of sp³-hybridized carbons (Fsp3) is 0.308. The van der Waals surface area contributed by atoms with Crippen molar-refractivity contribution in [2.24, 2.45) is 5.84 Å². The molecule has 0 radical (unpaired) electrons. The number of benzene rings is 1. The van der Waals surface area contributed by atoms with Gasteiger partial charge in [0.25, 0.3) is 5.91 Å². The standard InChI is InChI=1S/C13H18N2O/c1-13(2,3)15(14)12(16)10-9-11-7-5-4-6-8-11/h4-10H,14H2,1-3H3. The first kappa shape index (κ1) is 12.5. The molecular formula is C13H18N2O. The Morgan fingerprint density at radius 2 is 1.81 bits per heavy atom. The topological polar surface area (TPSA) is 46.3 Å². The third kappa shape index (κ3) is 3.51. The van der Waals surface area contributed by atoms with Crippen molar-refractivity contribution >= 4 is 12.0 Å². The van der Waals surface area contributed by atoms with E-state index in [1.165, 1.54) is 11.1 Å². The molecule has 0 spiro atoms. The van der Waals surface area contributed by atoms with Crippen LogP contribution in [0.2, 0.25) is 0 Å². The zero-order chi connectivity index (χ0) is 12.2. The van der Waals surface area contributed by atoms with Crippen LogP contribution < -0.4 is 5.84 Å². The lowest BCUT2D eigenvalue weighted by Crippen LogP contribution is -2.49. The summed E-state index contributed by atoms with van der Waals surface area (Å²) >= 11 is 0. The van der Waals surface area contributed by atoms with Crippen LogP contribution in [0.3, 0.4) is 0 Å². The average Bonchev–Trinajstić information content (AvgIpc) is 2.25. The first-order chi connectivity index (χ1) is 7.41. The van der Waals surface area contributed by atoms with Gasteiger partial charge in [-0.1, -0.05) is 30.3 Å². The second-order valence-corrected chi connectivity index (χ2v) is 4.62. The van der Waals surface area contributed by atoms with E-state index >= 15 is 0 Å². The van der Waals surface area contributed by atoms with E-state index in [4.69, 9.17) is 5.84 Å². The molecule has 0 unspecified atom stereocenters. The van der Waals surface area contributed by atoms with E-state index in [2.05, 4.69) is 0 Å². The lowest BCUT2D eigenvalue weighted by molar-refractivity contribution is -0.130. The Morgan fingerprint density at radius 3 is 2.31 bits per heavy atom. The molecule has 1 aromatic rings. The van der Waals surface area contributed by atoms with E-state index in [-0.39, 0.29) is 11.4 Å². The van der Waals surface area contributed by atoms with Gasteiger partial charge < -0.3 is 0 Å². The molecule has 0 aliphatic carbocycles. The van der Waals surface area contributed by atoms with Gasteiger partial charge in [0.2, 0.25) is 0 Å². The van der Waals surface area contributed by atoms with Gasteiger partial charge in [0.15, 0.2) is 0 Å². The highest BCUT2D eigenvalue weighted by Gasteiger charge is 2.21. The maximum absolute atomic E-state index is 11.7. The maximum Gasteiger partial charge on any atom is 0.260 e. The smallest absolute Gasteiger partial charge is 0.260 e. The Kier molecular flexibility index (Phi) is 3.85. The third-order valence-corrected chi connectivity index (χ3v) is 2.18. The second-order valence-electron chi connectivity index (χ2n) is 4.62. The number of carbonyl (C=O) groups excluding carboxylic acids is 1. The number of hydrogen-bond donors (Lipinski definition) is 1. The summed E-state index contributed by atoms with van der Waals surface area (Å²) in [4.78, 5) is 11.7. The zero-order valence-electron chi connectivity index (χ0n) is 9.97. The molecular weight excluding hydrogens is 200 g/mol. The lowest BCUT2D eigenvalue weighted by atomic mass is 10.1. The Labute approximate surface area is 96.5 Å². The van der Waals surface area contributed by atoms with E-state index < -0.39 is 0 Å². The molecule has 0 heterocycles. The first-order valence-corrected chi connectivity index (χ1v) is 5.23. The highest BCUT2D eigenvalue weighted by Crippen LogP contribution is 2.09. The van der Waals surface area contributed by atoms with Gasteiger partial charge in [-0.25, -0.2) is 5.84 Å². The minimum atomic E-state index is -0.363. The number of nitrogens with two attached hydrogens (primary N) is 1. The lowest BCUT2D eigenvalue weighted by Gasteiger charge is -2.29. The van der Waals surface area contributed by atoms with Crippen LogP contribution in [0.5, 0.6) is 0 Å². The monoisotopic (exact) mass is 218 g/mol. The molecule has 0 saturated carbocycles. The van der Waals surface area contributed by atoms with Crippen molar-refractivity contribution in [3.05, 3.63) is 42.0 Å². The molecule has 0 fully saturated rings.